The van der Waals surface area contributed by atoms with Gasteiger partial charge in [-0.1, -0.05) is 160 Å². The summed E-state index contributed by atoms with van der Waals surface area (Å²) in [5.74, 6) is 0. The molecule has 0 radical (unpaired) electrons. The number of aromatic nitrogens is 5. The summed E-state index contributed by atoms with van der Waals surface area (Å²) >= 11 is 6.09. The summed E-state index contributed by atoms with van der Waals surface area (Å²) in [6.07, 6.45) is 9.78. The first-order valence-corrected chi connectivity index (χ1v) is 38.8. The number of fused-ring (bicyclic) bond motifs is 5. The number of hydrogen-bond acceptors (Lipinski definition) is 24. The maximum atomic E-state index is 10.4. The van der Waals surface area contributed by atoms with Gasteiger partial charge in [0.25, 0.3) is 20.9 Å². The summed E-state index contributed by atoms with van der Waals surface area (Å²) in [6, 6.07) is 49.4. The smallest absolute Gasteiger partial charge is 0.401 e. The van der Waals surface area contributed by atoms with E-state index >= 15 is 0 Å². The van der Waals surface area contributed by atoms with Crippen LogP contribution in [0.5, 0.6) is 0 Å². The van der Waals surface area contributed by atoms with E-state index in [4.69, 9.17) is 17.7 Å². The van der Waals surface area contributed by atoms with Gasteiger partial charge < -0.3 is 35.9 Å². The molecule has 0 saturated heterocycles. The number of nitrogens with zero attached hydrogens (tertiary/aromatic N) is 5. The van der Waals surface area contributed by atoms with Crippen molar-refractivity contribution in [3.8, 4) is 0 Å². The third-order valence-corrected chi connectivity index (χ3v) is 18.7. The maximum Gasteiger partial charge on any atom is 0.401 e. The molecule has 0 spiro atoms. The van der Waals surface area contributed by atoms with E-state index in [0.29, 0.717) is 5.22 Å². The first-order valence-electron chi connectivity index (χ1n) is 28.2. The number of rotatable bonds is 8. The van der Waals surface area contributed by atoms with Crippen LogP contribution in [0, 0.1) is 48.5 Å². The quantitative estimate of drug-likeness (QED) is 0.0774. The van der Waals surface area contributed by atoms with E-state index in [1.165, 1.54) is 117 Å². The van der Waals surface area contributed by atoms with Crippen molar-refractivity contribution in [2.75, 3.05) is 25.0 Å². The molecule has 21 nitrogen and oxygen atoms in total. The lowest BCUT2D eigenvalue weighted by molar-refractivity contribution is -0.651. The SMILES string of the molecule is CSc1nc2c(C)c3ccccc3cc2o1.CSc1nc2c(C)cccc2o1.CSc1nc2ccc(C)cc2o1.CSc1nc2ccc[n+](C)c2o1.Cc1ccc(S(=O)(=O)[O-])cc1.Cc1ccc(S(=O)(=O)[O-])cc1.Cc1ccc(S(=O)(=O)[O-])cc1.Cc1ccc(S(=O)(=O)[O-])cc1. The molecular formula is C67H66N5O16S8-3. The van der Waals surface area contributed by atoms with Gasteiger partial charge in [-0.05, 0) is 180 Å². The molecule has 0 aliphatic carbocycles. The zero-order chi connectivity index (χ0) is 70.7. The van der Waals surface area contributed by atoms with Crippen molar-refractivity contribution in [2.45, 2.75) is 88.9 Å². The molecule has 29 heteroatoms. The molecule has 506 valence electrons. The lowest BCUT2D eigenvalue weighted by atomic mass is 10.0. The van der Waals surface area contributed by atoms with Crippen molar-refractivity contribution in [3.63, 3.8) is 0 Å². The van der Waals surface area contributed by atoms with Crippen LogP contribution in [-0.4, -0.2) is 96.8 Å². The minimum Gasteiger partial charge on any atom is -0.744 e. The van der Waals surface area contributed by atoms with Crippen LogP contribution in [0.4, 0.5) is 0 Å². The standard InChI is InChI=1S/C13H11NOS.2C9H9NOS.C8H9N2OS.4C7H8O3S/c1-8-10-6-4-3-5-9(10)7-11-12(8)14-13(15-11)16-2;1-6-3-4-7-8(5-6)11-9(10-7)12-2;1-6-4-3-5-7-8(6)10-9(11-7)12-2;1-10-5-3-4-6-7(10)11-8(9-6)12-2;4*1-6-2-4-7(5-3-6)11(8,9)10/h3-7H,1-2H3;3*3-5H,1-2H3;4*2-5H,1H3,(H,8,9,10)/q;;;+1;;;;/p-4. The number of para-hydroxylation sites is 1. The number of thioether (sulfide) groups is 4. The van der Waals surface area contributed by atoms with Gasteiger partial charge in [0.15, 0.2) is 28.5 Å². The highest BCUT2D eigenvalue weighted by Crippen LogP contribution is 2.31. The first kappa shape index (κ1) is 77.1. The van der Waals surface area contributed by atoms with E-state index in [1.807, 2.05) is 139 Å². The maximum absolute atomic E-state index is 10.4. The van der Waals surface area contributed by atoms with Crippen molar-refractivity contribution >= 4 is 143 Å². The van der Waals surface area contributed by atoms with Crippen LogP contribution in [0.25, 0.3) is 55.3 Å². The molecule has 8 aromatic carbocycles. The Hall–Kier alpha value is -7.91. The zero-order valence-electron chi connectivity index (χ0n) is 53.9. The molecule has 5 heterocycles. The summed E-state index contributed by atoms with van der Waals surface area (Å²) in [6.45, 7) is 13.5. The Labute approximate surface area is 574 Å². The molecule has 0 aliphatic heterocycles. The van der Waals surface area contributed by atoms with Crippen molar-refractivity contribution in [1.82, 2.24) is 19.9 Å². The monoisotopic (exact) mass is 1450 g/mol. The normalized spacial score (nSPS) is 11.2. The topological polar surface area (TPSA) is 337 Å². The molecule has 0 fully saturated rings. The van der Waals surface area contributed by atoms with Crippen molar-refractivity contribution in [2.24, 2.45) is 7.05 Å². The molecule has 0 N–H and O–H groups in total. The predicted octanol–water partition coefficient (Wildman–Crippen LogP) is 14.7. The third-order valence-electron chi connectivity index (χ3n) is 13.2. The minimum absolute atomic E-state index is 0.178. The molecule has 0 bridgehead atoms. The van der Waals surface area contributed by atoms with Crippen LogP contribution >= 0.6 is 47.0 Å². The van der Waals surface area contributed by atoms with Crippen LogP contribution in [0.15, 0.2) is 240 Å². The summed E-state index contributed by atoms with van der Waals surface area (Å²) in [5, 5.41) is 5.36. The largest absolute Gasteiger partial charge is 0.744 e. The van der Waals surface area contributed by atoms with Crippen LogP contribution in [0.1, 0.15) is 38.9 Å². The Kier molecular flexibility index (Phi) is 28.0. The fourth-order valence-corrected chi connectivity index (χ4v) is 11.5. The molecule has 5 aromatic heterocycles. The highest BCUT2D eigenvalue weighted by Gasteiger charge is 2.13. The predicted molar refractivity (Wildman–Crippen MR) is 373 cm³/mol. The number of oxazole rings is 4. The van der Waals surface area contributed by atoms with Gasteiger partial charge in [-0.3, -0.25) is 0 Å². The molecule has 0 unspecified atom stereocenters. The summed E-state index contributed by atoms with van der Waals surface area (Å²) in [4.78, 5) is 16.6. The number of hydrogen-bond donors (Lipinski definition) is 0. The van der Waals surface area contributed by atoms with Crippen LogP contribution in [-0.2, 0) is 47.5 Å². The minimum atomic E-state index is -4.27. The van der Waals surface area contributed by atoms with Crippen molar-refractivity contribution in [1.29, 1.82) is 0 Å². The fraction of sp³-hybridized carbons (Fsp3) is 0.179. The second-order valence-corrected chi connectivity index (χ2v) is 29.1. The Balaban J connectivity index is 0.000000174. The molecule has 96 heavy (non-hydrogen) atoms. The van der Waals surface area contributed by atoms with Crippen LogP contribution in [0.3, 0.4) is 0 Å². The molecular weight excluding hydrogens is 1390 g/mol. The van der Waals surface area contributed by atoms with Gasteiger partial charge in [-0.25, -0.2) is 48.6 Å². The molecule has 13 rings (SSSR count). The Morgan fingerprint density at radius 2 is 0.750 bits per heavy atom. The highest BCUT2D eigenvalue weighted by molar-refractivity contribution is 7.99. The molecule has 0 atom stereocenters. The summed E-state index contributed by atoms with van der Waals surface area (Å²) in [5.41, 5.74) is 14.5. The second-order valence-electron chi connectivity index (χ2n) is 20.6. The van der Waals surface area contributed by atoms with Gasteiger partial charge in [-0.15, -0.1) is 0 Å². The number of pyridine rings is 1. The average Bonchev–Trinajstić information content (AvgIpc) is 1.46. The Morgan fingerprint density at radius 1 is 0.365 bits per heavy atom. The summed E-state index contributed by atoms with van der Waals surface area (Å²) in [7, 11) is -15.1. The van der Waals surface area contributed by atoms with Gasteiger partial charge >= 0.3 is 5.71 Å². The highest BCUT2D eigenvalue weighted by atomic mass is 32.2. The lowest BCUT2D eigenvalue weighted by Crippen LogP contribution is -2.27. The van der Waals surface area contributed by atoms with Gasteiger partial charge in [0.2, 0.25) is 0 Å². The van der Waals surface area contributed by atoms with Gasteiger partial charge in [0.1, 0.15) is 64.1 Å². The van der Waals surface area contributed by atoms with Gasteiger partial charge in [0.05, 0.1) is 19.6 Å². The molecule has 0 amide bonds. The number of aryl methyl sites for hydroxylation is 8. The van der Waals surface area contributed by atoms with E-state index < -0.39 is 40.5 Å². The summed E-state index contributed by atoms with van der Waals surface area (Å²) < 4.78 is 149. The third kappa shape index (κ3) is 23.1. The van der Waals surface area contributed by atoms with E-state index in [2.05, 4.69) is 51.1 Å². The average molecular weight is 1450 g/mol. The van der Waals surface area contributed by atoms with E-state index in [9.17, 15) is 51.9 Å². The van der Waals surface area contributed by atoms with E-state index in [-0.39, 0.29) is 19.6 Å². The van der Waals surface area contributed by atoms with Crippen molar-refractivity contribution in [3.05, 3.63) is 221 Å². The Bertz CT molecular complexity index is 4830. The Morgan fingerprint density at radius 3 is 1.18 bits per heavy atom. The zero-order valence-corrected chi connectivity index (χ0v) is 60.4. The lowest BCUT2D eigenvalue weighted by Gasteiger charge is -2.05. The van der Waals surface area contributed by atoms with E-state index in [0.717, 1.165) is 88.0 Å². The van der Waals surface area contributed by atoms with Gasteiger partial charge in [-0.2, -0.15) is 9.55 Å². The van der Waals surface area contributed by atoms with Crippen LogP contribution in [0.2, 0.25) is 0 Å². The second kappa shape index (κ2) is 34.9. The van der Waals surface area contributed by atoms with Gasteiger partial charge in [0, 0.05) is 6.07 Å². The molecule has 13 aromatic rings. The molecule has 0 saturated carbocycles. The van der Waals surface area contributed by atoms with Crippen LogP contribution < -0.4 is 4.57 Å². The fourth-order valence-electron chi connectivity index (χ4n) is 8.15. The van der Waals surface area contributed by atoms with Crippen molar-refractivity contribution < 1.29 is 74.1 Å². The molecule has 0 aliphatic rings. The number of benzene rings is 8. The first-order chi connectivity index (χ1) is 45.2. The van der Waals surface area contributed by atoms with E-state index in [1.54, 1.807) is 48.5 Å².